The first-order chi connectivity index (χ1) is 11.6. The molecule has 24 heavy (non-hydrogen) atoms. The van der Waals surface area contributed by atoms with Gasteiger partial charge in [0.25, 0.3) is 5.91 Å². The van der Waals surface area contributed by atoms with Crippen LogP contribution < -0.4 is 5.32 Å². The molecule has 6 nitrogen and oxygen atoms in total. The molecule has 0 saturated heterocycles. The van der Waals surface area contributed by atoms with Gasteiger partial charge in [-0.05, 0) is 37.6 Å². The normalized spacial score (nSPS) is 12.1. The fourth-order valence-corrected chi connectivity index (χ4v) is 2.52. The van der Waals surface area contributed by atoms with E-state index in [1.54, 1.807) is 25.1 Å². The predicted molar refractivity (Wildman–Crippen MR) is 88.7 cm³/mol. The number of benzene rings is 1. The highest BCUT2D eigenvalue weighted by Gasteiger charge is 2.21. The van der Waals surface area contributed by atoms with E-state index in [0.717, 1.165) is 5.56 Å². The zero-order valence-electron chi connectivity index (χ0n) is 13.2. The summed E-state index contributed by atoms with van der Waals surface area (Å²) in [6, 6.07) is 10.2. The van der Waals surface area contributed by atoms with E-state index in [0.29, 0.717) is 28.9 Å². The molecule has 2 heterocycles. The Bertz CT molecular complexity index is 856. The van der Waals surface area contributed by atoms with Crippen LogP contribution in [0.15, 0.2) is 45.3 Å². The summed E-state index contributed by atoms with van der Waals surface area (Å²) in [6.45, 7) is 3.64. The van der Waals surface area contributed by atoms with Crippen molar-refractivity contribution < 1.29 is 13.7 Å². The second-order valence-corrected chi connectivity index (χ2v) is 5.67. The summed E-state index contributed by atoms with van der Waals surface area (Å²) < 4.78 is 10.8. The van der Waals surface area contributed by atoms with Crippen LogP contribution in [-0.4, -0.2) is 16.0 Å². The van der Waals surface area contributed by atoms with Crippen molar-refractivity contribution in [3.05, 3.63) is 58.9 Å². The molecule has 1 N–H and O–H groups in total. The van der Waals surface area contributed by atoms with Gasteiger partial charge in [0.05, 0.1) is 5.02 Å². The van der Waals surface area contributed by atoms with Gasteiger partial charge < -0.3 is 14.3 Å². The first kappa shape index (κ1) is 16.3. The van der Waals surface area contributed by atoms with E-state index in [-0.39, 0.29) is 17.7 Å². The Balaban J connectivity index is 1.77. The minimum absolute atomic E-state index is 0.194. The van der Waals surface area contributed by atoms with Crippen molar-refractivity contribution in [2.24, 2.45) is 0 Å². The minimum atomic E-state index is -0.368. The molecule has 0 radical (unpaired) electrons. The molecule has 0 aliphatic rings. The molecule has 0 bridgehead atoms. The first-order valence-electron chi connectivity index (χ1n) is 7.54. The molecule has 0 saturated carbocycles. The summed E-state index contributed by atoms with van der Waals surface area (Å²) in [5.41, 5.74) is 0.734. The number of rotatable bonds is 5. The number of nitrogens with zero attached hydrogens (tertiary/aromatic N) is 2. The molecule has 3 aromatic rings. The average Bonchev–Trinajstić information content (AvgIpc) is 3.22. The van der Waals surface area contributed by atoms with Gasteiger partial charge in [-0.25, -0.2) is 0 Å². The van der Waals surface area contributed by atoms with E-state index in [9.17, 15) is 4.79 Å². The van der Waals surface area contributed by atoms with Gasteiger partial charge in [-0.1, -0.05) is 35.8 Å². The van der Waals surface area contributed by atoms with Crippen LogP contribution in [0.4, 0.5) is 0 Å². The van der Waals surface area contributed by atoms with Crippen molar-refractivity contribution in [1.82, 2.24) is 15.5 Å². The second-order valence-electron chi connectivity index (χ2n) is 5.26. The Kier molecular flexibility index (Phi) is 4.66. The number of hydrogen-bond donors (Lipinski definition) is 1. The molecule has 124 valence electrons. The van der Waals surface area contributed by atoms with Crippen LogP contribution in [0.1, 0.15) is 41.7 Å². The minimum Gasteiger partial charge on any atom is -0.451 e. The molecular weight excluding hydrogens is 330 g/mol. The van der Waals surface area contributed by atoms with Crippen molar-refractivity contribution in [1.29, 1.82) is 0 Å². The van der Waals surface area contributed by atoms with Crippen molar-refractivity contribution in [2.45, 2.75) is 26.3 Å². The highest BCUT2D eigenvalue weighted by Crippen LogP contribution is 2.29. The molecule has 1 aromatic carbocycles. The number of halogens is 1. The third-order valence-electron chi connectivity index (χ3n) is 3.52. The Morgan fingerprint density at radius 1 is 1.29 bits per heavy atom. The number of nitrogens with one attached hydrogen (secondary N) is 1. The quantitative estimate of drug-likeness (QED) is 0.750. The van der Waals surface area contributed by atoms with E-state index in [4.69, 9.17) is 20.5 Å². The van der Waals surface area contributed by atoms with Crippen molar-refractivity contribution in [3.63, 3.8) is 0 Å². The van der Waals surface area contributed by atoms with Gasteiger partial charge in [-0.3, -0.25) is 4.79 Å². The van der Waals surface area contributed by atoms with Gasteiger partial charge in [-0.15, -0.1) is 0 Å². The third kappa shape index (κ3) is 3.33. The molecule has 0 spiro atoms. The summed E-state index contributed by atoms with van der Waals surface area (Å²) in [5, 5.41) is 7.14. The zero-order valence-corrected chi connectivity index (χ0v) is 14.0. The van der Waals surface area contributed by atoms with Crippen molar-refractivity contribution in [3.8, 4) is 11.3 Å². The molecule has 0 unspecified atom stereocenters. The van der Waals surface area contributed by atoms with Gasteiger partial charge in [0.2, 0.25) is 5.89 Å². The molecule has 1 atom stereocenters. The summed E-state index contributed by atoms with van der Waals surface area (Å²) >= 11 is 6.15. The molecule has 3 rings (SSSR count). The second kappa shape index (κ2) is 6.88. The molecule has 0 aliphatic carbocycles. The monoisotopic (exact) mass is 345 g/mol. The fraction of sp³-hybridized carbons (Fsp3) is 0.235. The molecule has 2 aromatic heterocycles. The molecule has 7 heteroatoms. The van der Waals surface area contributed by atoms with Crippen LogP contribution in [-0.2, 0) is 0 Å². The highest BCUT2D eigenvalue weighted by molar-refractivity contribution is 6.33. The van der Waals surface area contributed by atoms with Crippen molar-refractivity contribution >= 4 is 17.5 Å². The molecule has 0 fully saturated rings. The SMILES string of the molecule is CC[C@H](NC(=O)c1ccc(-c2ccccc2Cl)o1)c1nc(C)no1. The highest BCUT2D eigenvalue weighted by atomic mass is 35.5. The molecule has 0 aliphatic heterocycles. The van der Waals surface area contributed by atoms with Gasteiger partial charge in [-0.2, -0.15) is 4.98 Å². The van der Waals surface area contributed by atoms with Gasteiger partial charge in [0.15, 0.2) is 11.6 Å². The molecule has 1 amide bonds. The number of aryl methyl sites for hydroxylation is 1. The Labute approximate surface area is 143 Å². The Morgan fingerprint density at radius 2 is 2.08 bits per heavy atom. The van der Waals surface area contributed by atoms with E-state index in [1.807, 2.05) is 25.1 Å². The van der Waals surface area contributed by atoms with Crippen LogP contribution in [0.2, 0.25) is 5.02 Å². The first-order valence-corrected chi connectivity index (χ1v) is 7.92. The summed E-state index contributed by atoms with van der Waals surface area (Å²) in [5.74, 6) is 1.28. The fourth-order valence-electron chi connectivity index (χ4n) is 2.29. The topological polar surface area (TPSA) is 81.2 Å². The van der Waals surface area contributed by atoms with Crippen LogP contribution in [0.25, 0.3) is 11.3 Å². The Morgan fingerprint density at radius 3 is 2.75 bits per heavy atom. The standard InChI is InChI=1S/C17H16ClN3O3/c1-3-13(17-19-10(2)21-24-17)20-16(22)15-9-8-14(23-15)11-6-4-5-7-12(11)18/h4-9,13H,3H2,1-2H3,(H,20,22)/t13-/m0/s1. The number of hydrogen-bond acceptors (Lipinski definition) is 5. The summed E-state index contributed by atoms with van der Waals surface area (Å²) in [4.78, 5) is 16.5. The maximum atomic E-state index is 12.4. The van der Waals surface area contributed by atoms with E-state index < -0.39 is 0 Å². The maximum absolute atomic E-state index is 12.4. The summed E-state index contributed by atoms with van der Waals surface area (Å²) in [7, 11) is 0. The van der Waals surface area contributed by atoms with E-state index in [1.165, 1.54) is 0 Å². The zero-order chi connectivity index (χ0) is 17.1. The van der Waals surface area contributed by atoms with Gasteiger partial charge in [0, 0.05) is 5.56 Å². The lowest BCUT2D eigenvalue weighted by molar-refractivity contribution is 0.0899. The van der Waals surface area contributed by atoms with Crippen molar-refractivity contribution in [2.75, 3.05) is 0 Å². The van der Waals surface area contributed by atoms with Crippen LogP contribution in [0.5, 0.6) is 0 Å². The average molecular weight is 346 g/mol. The van der Waals surface area contributed by atoms with Crippen LogP contribution in [0.3, 0.4) is 0 Å². The Hall–Kier alpha value is -2.60. The van der Waals surface area contributed by atoms with E-state index >= 15 is 0 Å². The number of furan rings is 1. The van der Waals surface area contributed by atoms with Crippen LogP contribution >= 0.6 is 11.6 Å². The third-order valence-corrected chi connectivity index (χ3v) is 3.85. The van der Waals surface area contributed by atoms with Gasteiger partial charge >= 0.3 is 0 Å². The number of amides is 1. The lowest BCUT2D eigenvalue weighted by Crippen LogP contribution is -2.28. The van der Waals surface area contributed by atoms with Gasteiger partial charge in [0.1, 0.15) is 11.8 Å². The lowest BCUT2D eigenvalue weighted by atomic mass is 10.2. The number of aromatic nitrogens is 2. The maximum Gasteiger partial charge on any atom is 0.287 e. The smallest absolute Gasteiger partial charge is 0.287 e. The van der Waals surface area contributed by atoms with Crippen LogP contribution in [0, 0.1) is 6.92 Å². The number of carbonyl (C=O) groups is 1. The lowest BCUT2D eigenvalue weighted by Gasteiger charge is -2.11. The number of carbonyl (C=O) groups excluding carboxylic acids is 1. The summed E-state index contributed by atoms with van der Waals surface area (Å²) in [6.07, 6.45) is 0.617. The van der Waals surface area contributed by atoms with E-state index in [2.05, 4.69) is 15.5 Å². The predicted octanol–water partition coefficient (Wildman–Crippen LogP) is 4.17. The molecular formula is C17H16ClN3O3. The largest absolute Gasteiger partial charge is 0.451 e.